The lowest BCUT2D eigenvalue weighted by molar-refractivity contribution is -0.0687. The highest BCUT2D eigenvalue weighted by atomic mass is 16.5. The fourth-order valence-electron chi connectivity index (χ4n) is 2.25. The van der Waals surface area contributed by atoms with E-state index in [2.05, 4.69) is 29.1 Å². The lowest BCUT2D eigenvalue weighted by Crippen LogP contribution is -2.46. The van der Waals surface area contributed by atoms with Crippen LogP contribution in [0.15, 0.2) is 6.20 Å². The van der Waals surface area contributed by atoms with Crippen molar-refractivity contribution < 1.29 is 4.74 Å². The van der Waals surface area contributed by atoms with Gasteiger partial charge in [0.05, 0.1) is 24.4 Å². The van der Waals surface area contributed by atoms with Crippen molar-refractivity contribution in [3.8, 4) is 0 Å². The Morgan fingerprint density at radius 1 is 1.35 bits per heavy atom. The molecule has 1 aliphatic heterocycles. The summed E-state index contributed by atoms with van der Waals surface area (Å²) in [6, 6.07) is 0. The van der Waals surface area contributed by atoms with Crippen LogP contribution in [0.1, 0.15) is 19.5 Å². The van der Waals surface area contributed by atoms with Crippen LogP contribution < -0.4 is 5.73 Å². The third-order valence-corrected chi connectivity index (χ3v) is 2.94. The highest BCUT2D eigenvalue weighted by Gasteiger charge is 2.21. The summed E-state index contributed by atoms with van der Waals surface area (Å²) in [7, 11) is 0. The fourth-order valence-corrected chi connectivity index (χ4v) is 2.25. The van der Waals surface area contributed by atoms with Crippen molar-refractivity contribution in [1.82, 2.24) is 19.9 Å². The minimum absolute atomic E-state index is 0.314. The van der Waals surface area contributed by atoms with E-state index in [1.54, 1.807) is 0 Å². The summed E-state index contributed by atoms with van der Waals surface area (Å²) in [5, 5.41) is 8.01. The van der Waals surface area contributed by atoms with Crippen molar-refractivity contribution in [3.63, 3.8) is 0 Å². The molecule has 2 N–H and O–H groups in total. The van der Waals surface area contributed by atoms with Crippen molar-refractivity contribution in [2.24, 2.45) is 5.73 Å². The SMILES string of the molecule is C[C@@H]1CN(CCn2cc(CN)nn2)C[C@H](C)O1. The zero-order valence-corrected chi connectivity index (χ0v) is 10.5. The second kappa shape index (κ2) is 5.57. The van der Waals surface area contributed by atoms with Crippen LogP contribution in [-0.4, -0.2) is 51.7 Å². The van der Waals surface area contributed by atoms with E-state index in [0.29, 0.717) is 18.8 Å². The van der Waals surface area contributed by atoms with Crippen LogP contribution in [-0.2, 0) is 17.8 Å². The number of nitrogens with two attached hydrogens (primary N) is 1. The summed E-state index contributed by atoms with van der Waals surface area (Å²) in [6.07, 6.45) is 2.54. The normalized spacial score (nSPS) is 26.3. The van der Waals surface area contributed by atoms with Gasteiger partial charge in [-0.25, -0.2) is 0 Å². The molecule has 1 aliphatic rings. The number of rotatable bonds is 4. The van der Waals surface area contributed by atoms with E-state index in [1.165, 1.54) is 0 Å². The predicted molar refractivity (Wildman–Crippen MR) is 64.4 cm³/mol. The molecule has 2 atom stereocenters. The number of morpholine rings is 1. The van der Waals surface area contributed by atoms with Gasteiger partial charge in [-0.1, -0.05) is 5.21 Å². The maximum absolute atomic E-state index is 5.70. The highest BCUT2D eigenvalue weighted by Crippen LogP contribution is 2.10. The molecular weight excluding hydrogens is 218 g/mol. The molecule has 96 valence electrons. The number of hydrogen-bond acceptors (Lipinski definition) is 5. The van der Waals surface area contributed by atoms with Gasteiger partial charge in [0.25, 0.3) is 0 Å². The van der Waals surface area contributed by atoms with Gasteiger partial charge in [0, 0.05) is 32.4 Å². The average molecular weight is 239 g/mol. The first-order valence-corrected chi connectivity index (χ1v) is 6.14. The molecule has 0 aliphatic carbocycles. The first-order chi connectivity index (χ1) is 8.17. The molecule has 6 nitrogen and oxygen atoms in total. The molecule has 0 radical (unpaired) electrons. The maximum Gasteiger partial charge on any atom is 0.0962 e. The van der Waals surface area contributed by atoms with Gasteiger partial charge in [-0.3, -0.25) is 9.58 Å². The van der Waals surface area contributed by atoms with Crippen LogP contribution in [0.5, 0.6) is 0 Å². The quantitative estimate of drug-likeness (QED) is 0.791. The van der Waals surface area contributed by atoms with Gasteiger partial charge in [-0.2, -0.15) is 0 Å². The van der Waals surface area contributed by atoms with Gasteiger partial charge in [-0.15, -0.1) is 5.10 Å². The topological polar surface area (TPSA) is 69.2 Å². The Bertz CT molecular complexity index is 343. The Morgan fingerprint density at radius 2 is 2.06 bits per heavy atom. The summed E-state index contributed by atoms with van der Waals surface area (Å²) in [5.41, 5.74) is 6.34. The third-order valence-electron chi connectivity index (χ3n) is 2.94. The van der Waals surface area contributed by atoms with Gasteiger partial charge < -0.3 is 10.5 Å². The summed E-state index contributed by atoms with van der Waals surface area (Å²) >= 11 is 0. The summed E-state index contributed by atoms with van der Waals surface area (Å²) in [5.74, 6) is 0. The Kier molecular flexibility index (Phi) is 4.09. The summed E-state index contributed by atoms with van der Waals surface area (Å²) in [4.78, 5) is 2.41. The van der Waals surface area contributed by atoms with Gasteiger partial charge in [0.2, 0.25) is 0 Å². The molecule has 0 unspecified atom stereocenters. The van der Waals surface area contributed by atoms with Gasteiger partial charge in [0.1, 0.15) is 0 Å². The lowest BCUT2D eigenvalue weighted by Gasteiger charge is -2.35. The van der Waals surface area contributed by atoms with Crippen LogP contribution in [0.2, 0.25) is 0 Å². The monoisotopic (exact) mass is 239 g/mol. The molecule has 1 aromatic heterocycles. The molecular formula is C11H21N5O. The molecule has 2 heterocycles. The number of nitrogens with zero attached hydrogens (tertiary/aromatic N) is 4. The van der Waals surface area contributed by atoms with Crippen molar-refractivity contribution in [2.75, 3.05) is 19.6 Å². The van der Waals surface area contributed by atoms with E-state index < -0.39 is 0 Å². The molecule has 0 aromatic carbocycles. The van der Waals surface area contributed by atoms with Crippen LogP contribution in [0, 0.1) is 0 Å². The molecule has 1 aromatic rings. The minimum atomic E-state index is 0.314. The van der Waals surface area contributed by atoms with E-state index in [9.17, 15) is 0 Å². The molecule has 2 rings (SSSR count). The molecule has 6 heteroatoms. The Hall–Kier alpha value is -0.980. The maximum atomic E-state index is 5.70. The van der Waals surface area contributed by atoms with E-state index in [1.807, 2.05) is 10.9 Å². The zero-order valence-electron chi connectivity index (χ0n) is 10.5. The lowest BCUT2D eigenvalue weighted by atomic mass is 10.2. The first-order valence-electron chi connectivity index (χ1n) is 6.14. The largest absolute Gasteiger partial charge is 0.373 e. The smallest absolute Gasteiger partial charge is 0.0962 e. The van der Waals surface area contributed by atoms with E-state index in [0.717, 1.165) is 31.9 Å². The van der Waals surface area contributed by atoms with Crippen LogP contribution in [0.25, 0.3) is 0 Å². The molecule has 17 heavy (non-hydrogen) atoms. The third kappa shape index (κ3) is 3.49. The number of hydrogen-bond donors (Lipinski definition) is 1. The van der Waals surface area contributed by atoms with Crippen LogP contribution in [0.3, 0.4) is 0 Å². The second-order valence-electron chi connectivity index (χ2n) is 4.69. The van der Waals surface area contributed by atoms with Crippen LogP contribution in [0.4, 0.5) is 0 Å². The van der Waals surface area contributed by atoms with E-state index in [4.69, 9.17) is 10.5 Å². The first kappa shape index (κ1) is 12.5. The molecule has 0 spiro atoms. The second-order valence-corrected chi connectivity index (χ2v) is 4.69. The van der Waals surface area contributed by atoms with Crippen molar-refractivity contribution in [2.45, 2.75) is 39.1 Å². The van der Waals surface area contributed by atoms with Crippen molar-refractivity contribution >= 4 is 0 Å². The Balaban J connectivity index is 1.81. The minimum Gasteiger partial charge on any atom is -0.373 e. The zero-order chi connectivity index (χ0) is 12.3. The number of aromatic nitrogens is 3. The van der Waals surface area contributed by atoms with Crippen LogP contribution >= 0.6 is 0 Å². The van der Waals surface area contributed by atoms with Crippen molar-refractivity contribution in [3.05, 3.63) is 11.9 Å². The van der Waals surface area contributed by atoms with Crippen molar-refractivity contribution in [1.29, 1.82) is 0 Å². The molecule has 0 saturated carbocycles. The molecule has 1 fully saturated rings. The van der Waals surface area contributed by atoms with E-state index >= 15 is 0 Å². The fraction of sp³-hybridized carbons (Fsp3) is 0.818. The summed E-state index contributed by atoms with van der Waals surface area (Å²) < 4.78 is 7.55. The Morgan fingerprint density at radius 3 is 2.65 bits per heavy atom. The average Bonchev–Trinajstić information content (AvgIpc) is 2.73. The standard InChI is InChI=1S/C11H21N5O/c1-9-6-15(7-10(2)17-9)3-4-16-8-11(5-12)13-14-16/h8-10H,3-7,12H2,1-2H3/t9-,10+. The van der Waals surface area contributed by atoms with Gasteiger partial charge in [-0.05, 0) is 13.8 Å². The van der Waals surface area contributed by atoms with Gasteiger partial charge in [0.15, 0.2) is 0 Å². The Labute approximate surface area is 102 Å². The number of ether oxygens (including phenoxy) is 1. The summed E-state index contributed by atoms with van der Waals surface area (Å²) in [6.45, 7) is 8.49. The molecule has 0 amide bonds. The molecule has 0 bridgehead atoms. The van der Waals surface area contributed by atoms with Gasteiger partial charge >= 0.3 is 0 Å². The van der Waals surface area contributed by atoms with E-state index in [-0.39, 0.29) is 0 Å². The highest BCUT2D eigenvalue weighted by molar-refractivity contribution is 4.90. The predicted octanol–water partition coefficient (Wildman–Crippen LogP) is -0.154. The molecule has 1 saturated heterocycles.